The van der Waals surface area contributed by atoms with Crippen molar-refractivity contribution in [2.75, 3.05) is 13.2 Å². The average Bonchev–Trinajstić information content (AvgIpc) is 3.35. The van der Waals surface area contributed by atoms with Crippen LogP contribution in [0.25, 0.3) is 16.9 Å². The van der Waals surface area contributed by atoms with Crippen molar-refractivity contribution in [2.45, 2.75) is 38.8 Å². The third kappa shape index (κ3) is 3.57. The second kappa shape index (κ2) is 7.98. The van der Waals surface area contributed by atoms with Crippen molar-refractivity contribution >= 4 is 5.91 Å². The molecular weight excluding hydrogens is 356 g/mol. The average molecular weight is 380 g/mol. The maximum absolute atomic E-state index is 13.0. The van der Waals surface area contributed by atoms with Gasteiger partial charge in [0.15, 0.2) is 0 Å². The zero-order chi connectivity index (χ0) is 19.5. The minimum atomic E-state index is -0.233. The number of rotatable bonds is 6. The third-order valence-electron chi connectivity index (χ3n) is 4.96. The number of hydrogen-bond donors (Lipinski definition) is 1. The first-order valence-corrected chi connectivity index (χ1v) is 9.75. The van der Waals surface area contributed by atoms with Crippen molar-refractivity contribution in [3.8, 4) is 16.9 Å². The Morgan fingerprint density at radius 1 is 1.29 bits per heavy atom. The van der Waals surface area contributed by atoms with E-state index in [2.05, 4.69) is 17.3 Å². The quantitative estimate of drug-likeness (QED) is 0.713. The van der Waals surface area contributed by atoms with Crippen LogP contribution in [0.4, 0.5) is 0 Å². The van der Waals surface area contributed by atoms with Gasteiger partial charge in [-0.1, -0.05) is 25.1 Å². The molecule has 7 nitrogen and oxygen atoms in total. The summed E-state index contributed by atoms with van der Waals surface area (Å²) in [4.78, 5) is 25.9. The van der Waals surface area contributed by atoms with Crippen LogP contribution in [0.2, 0.25) is 0 Å². The van der Waals surface area contributed by atoms with Crippen LogP contribution in [-0.2, 0) is 11.3 Å². The van der Waals surface area contributed by atoms with Gasteiger partial charge in [-0.2, -0.15) is 9.78 Å². The van der Waals surface area contributed by atoms with Crippen LogP contribution >= 0.6 is 0 Å². The van der Waals surface area contributed by atoms with Gasteiger partial charge < -0.3 is 14.6 Å². The number of amides is 1. The highest BCUT2D eigenvalue weighted by Gasteiger charge is 2.25. The molecule has 3 aliphatic rings. The third-order valence-corrected chi connectivity index (χ3v) is 4.96. The van der Waals surface area contributed by atoms with Crippen molar-refractivity contribution in [3.63, 3.8) is 0 Å². The number of benzene rings is 1. The number of aryl methyl sites for hydroxylation is 1. The van der Waals surface area contributed by atoms with Gasteiger partial charge >= 0.3 is 0 Å². The number of carbonyl (C=O) groups is 1. The Balaban J connectivity index is 1.73. The topological polar surface area (TPSA) is 78.2 Å². The van der Waals surface area contributed by atoms with Crippen molar-refractivity contribution < 1.29 is 9.53 Å². The van der Waals surface area contributed by atoms with Crippen molar-refractivity contribution in [1.29, 1.82) is 0 Å². The molecule has 0 bridgehead atoms. The van der Waals surface area contributed by atoms with Gasteiger partial charge in [-0.25, -0.2) is 0 Å². The van der Waals surface area contributed by atoms with Crippen LogP contribution in [0, 0.1) is 0 Å². The lowest BCUT2D eigenvalue weighted by molar-refractivity contribution is 0.0857. The molecule has 28 heavy (non-hydrogen) atoms. The summed E-state index contributed by atoms with van der Waals surface area (Å²) in [5.74, 6) is -0.233. The summed E-state index contributed by atoms with van der Waals surface area (Å²) < 4.78 is 8.83. The van der Waals surface area contributed by atoms with Gasteiger partial charge in [-0.15, -0.1) is 0 Å². The fourth-order valence-electron chi connectivity index (χ4n) is 3.56. The number of pyridine rings is 1. The summed E-state index contributed by atoms with van der Waals surface area (Å²) in [6.45, 7) is 3.98. The molecule has 0 saturated carbocycles. The lowest BCUT2D eigenvalue weighted by Crippen LogP contribution is -2.32. The number of carbonyl (C=O) groups excluding carboxylic acids is 1. The zero-order valence-electron chi connectivity index (χ0n) is 15.9. The molecule has 1 fully saturated rings. The number of fused-ring (bicyclic) bond motifs is 1. The predicted molar refractivity (Wildman–Crippen MR) is 106 cm³/mol. The molecule has 0 spiro atoms. The van der Waals surface area contributed by atoms with Crippen LogP contribution < -0.4 is 10.9 Å². The maximum atomic E-state index is 13.0. The highest BCUT2D eigenvalue weighted by molar-refractivity contribution is 5.99. The molecule has 3 heterocycles. The Kier molecular flexibility index (Phi) is 5.25. The fraction of sp³-hybridized carbons (Fsp3) is 0.381. The van der Waals surface area contributed by atoms with Gasteiger partial charge in [0.2, 0.25) is 0 Å². The summed E-state index contributed by atoms with van der Waals surface area (Å²) in [5.41, 5.74) is 1.74. The molecule has 0 aromatic heterocycles. The number of nitrogens with zero attached hydrogens (tertiary/aromatic N) is 3. The number of ether oxygens (including phenoxy) is 1. The van der Waals surface area contributed by atoms with Crippen molar-refractivity contribution in [1.82, 2.24) is 19.7 Å². The second-order valence-electron chi connectivity index (χ2n) is 7.07. The van der Waals surface area contributed by atoms with Gasteiger partial charge in [-0.05, 0) is 31.4 Å². The van der Waals surface area contributed by atoms with E-state index in [4.69, 9.17) is 4.74 Å². The highest BCUT2D eigenvalue weighted by atomic mass is 16.5. The summed E-state index contributed by atoms with van der Waals surface area (Å²) in [5, 5.41) is 7.43. The maximum Gasteiger partial charge on any atom is 0.282 e. The largest absolute Gasteiger partial charge is 0.376 e. The van der Waals surface area contributed by atoms with Crippen LogP contribution in [0.5, 0.6) is 0 Å². The molecule has 1 N–H and O–H groups in total. The van der Waals surface area contributed by atoms with E-state index in [-0.39, 0.29) is 17.6 Å². The Morgan fingerprint density at radius 3 is 2.82 bits per heavy atom. The molecule has 1 aromatic carbocycles. The lowest BCUT2D eigenvalue weighted by Gasteiger charge is -2.14. The van der Waals surface area contributed by atoms with Gasteiger partial charge in [-0.3, -0.25) is 9.59 Å². The summed E-state index contributed by atoms with van der Waals surface area (Å²) >= 11 is 0. The summed E-state index contributed by atoms with van der Waals surface area (Å²) in [7, 11) is 0. The molecule has 1 atom stereocenters. The lowest BCUT2D eigenvalue weighted by atomic mass is 10.1. The Bertz CT molecular complexity index is 987. The van der Waals surface area contributed by atoms with E-state index in [9.17, 15) is 9.59 Å². The van der Waals surface area contributed by atoms with Crippen LogP contribution in [0.1, 0.15) is 36.5 Å². The number of hydrogen-bond acceptors (Lipinski definition) is 4. The molecule has 0 unspecified atom stereocenters. The standard InChI is InChI=1S/C21H24N4O3/c1-2-10-24-13-17(20(26)22-12-16-9-6-11-28-16)19-18(14-24)21(27)25(23-19)15-7-4-3-5-8-15/h3-5,7-8,13-14,16H,2,6,9-12H2,1H3,(H,22,26)/t16-/m1/s1. The normalized spacial score (nSPS) is 16.5. The zero-order valence-corrected chi connectivity index (χ0v) is 15.9. The van der Waals surface area contributed by atoms with Gasteiger partial charge in [0.1, 0.15) is 5.69 Å². The van der Waals surface area contributed by atoms with Crippen LogP contribution in [-0.4, -0.2) is 39.5 Å². The first-order valence-electron chi connectivity index (χ1n) is 9.75. The highest BCUT2D eigenvalue weighted by Crippen LogP contribution is 2.22. The molecule has 4 rings (SSSR count). The van der Waals surface area contributed by atoms with Gasteiger partial charge in [0, 0.05) is 32.1 Å². The monoisotopic (exact) mass is 380 g/mol. The van der Waals surface area contributed by atoms with E-state index in [0.717, 1.165) is 32.4 Å². The van der Waals surface area contributed by atoms with E-state index in [1.165, 1.54) is 4.68 Å². The van der Waals surface area contributed by atoms with Gasteiger partial charge in [0.05, 0.1) is 22.9 Å². The fourth-order valence-corrected chi connectivity index (χ4v) is 3.56. The van der Waals surface area contributed by atoms with E-state index < -0.39 is 0 Å². The summed E-state index contributed by atoms with van der Waals surface area (Å²) in [6.07, 6.45) is 6.49. The smallest absolute Gasteiger partial charge is 0.282 e. The Hall–Kier alpha value is -2.93. The molecule has 7 heteroatoms. The summed E-state index contributed by atoms with van der Waals surface area (Å²) in [6, 6.07) is 9.24. The molecule has 1 aromatic rings. The molecule has 1 amide bonds. The minimum Gasteiger partial charge on any atom is -0.376 e. The predicted octanol–water partition coefficient (Wildman–Crippen LogP) is 2.46. The first-order chi connectivity index (χ1) is 13.7. The molecule has 0 radical (unpaired) electrons. The Labute approximate surface area is 163 Å². The molecule has 146 valence electrons. The van der Waals surface area contributed by atoms with E-state index in [1.807, 2.05) is 34.9 Å². The number of aromatic nitrogens is 3. The van der Waals surface area contributed by atoms with E-state index >= 15 is 0 Å². The SMILES string of the molecule is CCCn1cc(C(=O)NC[C@H]2CCCO2)c2nn(-c3ccccc3)c(=O)c-2c1. The van der Waals surface area contributed by atoms with Crippen molar-refractivity contribution in [3.05, 3.63) is 58.6 Å². The van der Waals surface area contributed by atoms with Gasteiger partial charge in [0.25, 0.3) is 11.5 Å². The minimum absolute atomic E-state index is 0.0582. The molecule has 0 aliphatic carbocycles. The van der Waals surface area contributed by atoms with E-state index in [0.29, 0.717) is 29.1 Å². The van der Waals surface area contributed by atoms with Crippen molar-refractivity contribution in [2.24, 2.45) is 0 Å². The first kappa shape index (κ1) is 18.4. The molecule has 1 saturated heterocycles. The van der Waals surface area contributed by atoms with E-state index in [1.54, 1.807) is 12.4 Å². The Morgan fingerprint density at radius 2 is 2.11 bits per heavy atom. The number of para-hydroxylation sites is 1. The molecular formula is C21H24N4O3. The number of nitrogens with one attached hydrogen (secondary N) is 1. The molecule has 3 aliphatic heterocycles. The van der Waals surface area contributed by atoms with Crippen LogP contribution in [0.15, 0.2) is 47.5 Å². The van der Waals surface area contributed by atoms with Crippen LogP contribution in [0.3, 0.4) is 0 Å². The second-order valence-corrected chi connectivity index (χ2v) is 7.07.